The summed E-state index contributed by atoms with van der Waals surface area (Å²) in [4.78, 5) is 35.9. The zero-order valence-corrected chi connectivity index (χ0v) is 17.2. The number of nitrogens with one attached hydrogen (secondary N) is 2. The van der Waals surface area contributed by atoms with E-state index in [-0.39, 0.29) is 0 Å². The summed E-state index contributed by atoms with van der Waals surface area (Å²) in [6.07, 6.45) is 1.36. The van der Waals surface area contributed by atoms with E-state index in [1.165, 1.54) is 12.3 Å². The fraction of sp³-hybridized carbons (Fsp3) is 0.0435. The zero-order chi connectivity index (χ0) is 22.2. The van der Waals surface area contributed by atoms with Gasteiger partial charge in [0, 0.05) is 10.7 Å². The predicted octanol–water partition coefficient (Wildman–Crippen LogP) is 3.96. The smallest absolute Gasteiger partial charge is 0.343 e. The number of hydrogen-bond donors (Lipinski definition) is 2. The Morgan fingerprint density at radius 2 is 1.68 bits per heavy atom. The summed E-state index contributed by atoms with van der Waals surface area (Å²) in [5.74, 6) is -1.92. The first-order chi connectivity index (χ1) is 14.9. The van der Waals surface area contributed by atoms with E-state index in [1.54, 1.807) is 60.7 Å². The fourth-order valence-electron chi connectivity index (χ4n) is 2.53. The second-order valence-electron chi connectivity index (χ2n) is 6.49. The molecule has 156 valence electrons. The van der Waals surface area contributed by atoms with Gasteiger partial charge in [-0.3, -0.25) is 9.59 Å². The van der Waals surface area contributed by atoms with E-state index < -0.39 is 17.8 Å². The van der Waals surface area contributed by atoms with E-state index in [0.29, 0.717) is 27.6 Å². The molecule has 8 heteroatoms. The summed E-state index contributed by atoms with van der Waals surface area (Å²) in [5, 5.41) is 6.69. The van der Waals surface area contributed by atoms with Crippen molar-refractivity contribution in [1.82, 2.24) is 5.43 Å². The highest BCUT2D eigenvalue weighted by atomic mass is 35.5. The number of carbonyl (C=O) groups is 3. The molecule has 0 saturated heterocycles. The molecule has 0 heterocycles. The van der Waals surface area contributed by atoms with Gasteiger partial charge < -0.3 is 10.1 Å². The highest BCUT2D eigenvalue weighted by molar-refractivity contribution is 6.39. The fourth-order valence-corrected chi connectivity index (χ4v) is 2.72. The van der Waals surface area contributed by atoms with Crippen LogP contribution in [0, 0.1) is 6.92 Å². The van der Waals surface area contributed by atoms with Crippen LogP contribution >= 0.6 is 11.6 Å². The van der Waals surface area contributed by atoms with Crippen molar-refractivity contribution in [2.75, 3.05) is 5.32 Å². The quantitative estimate of drug-likeness (QED) is 0.208. The number of benzene rings is 3. The maximum atomic E-state index is 12.1. The first-order valence-electron chi connectivity index (χ1n) is 9.19. The lowest BCUT2D eigenvalue weighted by Crippen LogP contribution is -2.32. The van der Waals surface area contributed by atoms with E-state index >= 15 is 0 Å². The van der Waals surface area contributed by atoms with Gasteiger partial charge in [-0.1, -0.05) is 29.8 Å². The van der Waals surface area contributed by atoms with Crippen molar-refractivity contribution in [3.8, 4) is 5.75 Å². The maximum absolute atomic E-state index is 12.1. The summed E-state index contributed by atoms with van der Waals surface area (Å²) in [6, 6.07) is 20.0. The van der Waals surface area contributed by atoms with E-state index in [1.807, 2.05) is 13.0 Å². The molecule has 0 fully saturated rings. The predicted molar refractivity (Wildman–Crippen MR) is 118 cm³/mol. The van der Waals surface area contributed by atoms with Gasteiger partial charge in [0.2, 0.25) is 0 Å². The standard InChI is InChI=1S/C23H18ClN3O4/c1-15-4-2-7-19(12-15)26-21(28)22(29)27-25-14-16-8-10-20(11-9-16)31-23(30)17-5-3-6-18(24)13-17/h2-14H,1H3,(H,26,28)(H,27,29)/b25-14-. The summed E-state index contributed by atoms with van der Waals surface area (Å²) >= 11 is 5.87. The number of nitrogens with zero attached hydrogens (tertiary/aromatic N) is 1. The molecule has 3 aromatic rings. The average molecular weight is 436 g/mol. The first kappa shape index (κ1) is 21.7. The Kier molecular flexibility index (Phi) is 7.13. The van der Waals surface area contributed by atoms with Crippen molar-refractivity contribution in [3.05, 3.63) is 94.5 Å². The third-order valence-electron chi connectivity index (χ3n) is 4.01. The lowest BCUT2D eigenvalue weighted by molar-refractivity contribution is -0.136. The topological polar surface area (TPSA) is 96.9 Å². The van der Waals surface area contributed by atoms with Gasteiger partial charge in [-0.25, -0.2) is 10.2 Å². The molecule has 0 spiro atoms. The number of ether oxygens (including phenoxy) is 1. The lowest BCUT2D eigenvalue weighted by atomic mass is 10.2. The largest absolute Gasteiger partial charge is 0.423 e. The van der Waals surface area contributed by atoms with Gasteiger partial charge >= 0.3 is 17.8 Å². The number of aryl methyl sites for hydroxylation is 1. The molecule has 7 nitrogen and oxygen atoms in total. The molecule has 3 aromatic carbocycles. The third-order valence-corrected chi connectivity index (χ3v) is 4.25. The third kappa shape index (κ3) is 6.52. The second kappa shape index (κ2) is 10.2. The summed E-state index contributed by atoms with van der Waals surface area (Å²) in [6.45, 7) is 1.88. The Balaban J connectivity index is 1.51. The van der Waals surface area contributed by atoms with Gasteiger partial charge in [-0.15, -0.1) is 0 Å². The van der Waals surface area contributed by atoms with E-state index in [2.05, 4.69) is 15.8 Å². The average Bonchev–Trinajstić information content (AvgIpc) is 2.75. The molecule has 0 radical (unpaired) electrons. The molecule has 31 heavy (non-hydrogen) atoms. The van der Waals surface area contributed by atoms with Crippen molar-refractivity contribution < 1.29 is 19.1 Å². The Bertz CT molecular complexity index is 1140. The molecule has 0 aromatic heterocycles. The van der Waals surface area contributed by atoms with Crippen LogP contribution in [0.15, 0.2) is 77.9 Å². The summed E-state index contributed by atoms with van der Waals surface area (Å²) in [7, 11) is 0. The number of anilines is 1. The van der Waals surface area contributed by atoms with E-state index in [9.17, 15) is 14.4 Å². The van der Waals surface area contributed by atoms with Crippen LogP contribution in [0.25, 0.3) is 0 Å². The van der Waals surface area contributed by atoms with Gasteiger partial charge in [0.05, 0.1) is 11.8 Å². The Hall–Kier alpha value is -3.97. The minimum absolute atomic E-state index is 0.337. The number of hydrogen-bond acceptors (Lipinski definition) is 5. The molecule has 0 atom stereocenters. The number of carbonyl (C=O) groups excluding carboxylic acids is 3. The molecule has 0 aliphatic rings. The maximum Gasteiger partial charge on any atom is 0.343 e. The van der Waals surface area contributed by atoms with Crippen LogP contribution in [0.1, 0.15) is 21.5 Å². The van der Waals surface area contributed by atoms with Crippen molar-refractivity contribution in [1.29, 1.82) is 0 Å². The number of rotatable bonds is 5. The zero-order valence-electron chi connectivity index (χ0n) is 16.5. The van der Waals surface area contributed by atoms with Gasteiger partial charge in [0.25, 0.3) is 0 Å². The normalized spacial score (nSPS) is 10.5. The molecule has 0 bridgehead atoms. The summed E-state index contributed by atoms with van der Waals surface area (Å²) < 4.78 is 5.28. The van der Waals surface area contributed by atoms with Crippen molar-refractivity contribution >= 4 is 41.3 Å². The number of halogens is 1. The second-order valence-corrected chi connectivity index (χ2v) is 6.93. The number of amides is 2. The SMILES string of the molecule is Cc1cccc(NC(=O)C(=O)N/N=C\c2ccc(OC(=O)c3cccc(Cl)c3)cc2)c1. The minimum atomic E-state index is -0.898. The lowest BCUT2D eigenvalue weighted by Gasteiger charge is -2.05. The Morgan fingerprint density at radius 3 is 2.39 bits per heavy atom. The molecule has 3 rings (SSSR count). The van der Waals surface area contributed by atoms with Crippen LogP contribution in [0.4, 0.5) is 5.69 Å². The number of hydrazone groups is 1. The molecule has 0 aliphatic carbocycles. The molecule has 0 aliphatic heterocycles. The van der Waals surface area contributed by atoms with Crippen LogP contribution in [-0.4, -0.2) is 24.0 Å². The number of esters is 1. The van der Waals surface area contributed by atoms with Crippen LogP contribution in [0.3, 0.4) is 0 Å². The molecule has 2 amide bonds. The first-order valence-corrected chi connectivity index (χ1v) is 9.57. The van der Waals surface area contributed by atoms with Crippen molar-refractivity contribution in [3.63, 3.8) is 0 Å². The van der Waals surface area contributed by atoms with Gasteiger partial charge in [0.15, 0.2) is 0 Å². The van der Waals surface area contributed by atoms with Crippen molar-refractivity contribution in [2.45, 2.75) is 6.92 Å². The van der Waals surface area contributed by atoms with Crippen LogP contribution in [0.5, 0.6) is 5.75 Å². The van der Waals surface area contributed by atoms with Gasteiger partial charge in [0.1, 0.15) is 5.75 Å². The van der Waals surface area contributed by atoms with Crippen molar-refractivity contribution in [2.24, 2.45) is 5.10 Å². The Labute approximate surface area is 183 Å². The molecule has 0 saturated carbocycles. The monoisotopic (exact) mass is 435 g/mol. The van der Waals surface area contributed by atoms with E-state index in [4.69, 9.17) is 16.3 Å². The molecular formula is C23H18ClN3O4. The highest BCUT2D eigenvalue weighted by Crippen LogP contribution is 2.16. The van der Waals surface area contributed by atoms with Crippen LogP contribution in [0.2, 0.25) is 5.02 Å². The van der Waals surface area contributed by atoms with Crippen LogP contribution in [-0.2, 0) is 9.59 Å². The van der Waals surface area contributed by atoms with Gasteiger partial charge in [-0.05, 0) is 72.6 Å². The summed E-state index contributed by atoms with van der Waals surface area (Å²) in [5.41, 5.74) is 4.60. The molecular weight excluding hydrogens is 418 g/mol. The highest BCUT2D eigenvalue weighted by Gasteiger charge is 2.13. The molecule has 0 unspecified atom stereocenters. The van der Waals surface area contributed by atoms with Gasteiger partial charge in [-0.2, -0.15) is 5.10 Å². The Morgan fingerprint density at radius 1 is 0.935 bits per heavy atom. The minimum Gasteiger partial charge on any atom is -0.423 e. The molecule has 2 N–H and O–H groups in total. The van der Waals surface area contributed by atoms with E-state index in [0.717, 1.165) is 5.56 Å². The van der Waals surface area contributed by atoms with Crippen LogP contribution < -0.4 is 15.5 Å².